The van der Waals surface area contributed by atoms with Crippen LogP contribution in [0.15, 0.2) is 4.99 Å². The second kappa shape index (κ2) is 8.83. The van der Waals surface area contributed by atoms with Crippen molar-refractivity contribution < 1.29 is 4.74 Å². The fourth-order valence-corrected chi connectivity index (χ4v) is 5.94. The average molecular weight is 416 g/mol. The first-order valence-electron chi connectivity index (χ1n) is 11.9. The van der Waals surface area contributed by atoms with Gasteiger partial charge < -0.3 is 19.5 Å². The molecule has 4 aliphatic rings. The molecule has 1 aromatic rings. The Morgan fingerprint density at radius 3 is 2.63 bits per heavy atom. The molecule has 2 bridgehead atoms. The number of nitrogens with one attached hydrogen (secondary N) is 1. The standard InChI is InChI=1S/C22H37N7O/c1-16-25-26-21(27(16)2)15-24-22(23-14-19-4-3-11-30-19)29-9-7-28(8-10-29)20-13-17-5-6-18(20)12-17/h17-20H,3-15H2,1-2H3,(H,23,24). The van der Waals surface area contributed by atoms with Gasteiger partial charge in [0.05, 0.1) is 6.10 Å². The number of ether oxygens (including phenoxy) is 1. The molecule has 4 atom stereocenters. The second-order valence-corrected chi connectivity index (χ2v) is 9.64. The highest BCUT2D eigenvalue weighted by atomic mass is 16.5. The third kappa shape index (κ3) is 4.21. The number of aryl methyl sites for hydroxylation is 1. The first kappa shape index (κ1) is 20.2. The number of piperazine rings is 1. The van der Waals surface area contributed by atoms with Crippen molar-refractivity contribution in [2.75, 3.05) is 39.3 Å². The molecule has 8 nitrogen and oxygen atoms in total. The number of fused-ring (bicyclic) bond motifs is 2. The Kier molecular flexibility index (Phi) is 5.96. The van der Waals surface area contributed by atoms with E-state index in [9.17, 15) is 0 Å². The molecule has 166 valence electrons. The van der Waals surface area contributed by atoms with Gasteiger partial charge in [-0.25, -0.2) is 4.99 Å². The lowest BCUT2D eigenvalue weighted by Crippen LogP contribution is -2.56. The molecular weight excluding hydrogens is 378 g/mol. The molecule has 3 heterocycles. The molecule has 4 fully saturated rings. The Hall–Kier alpha value is -1.67. The summed E-state index contributed by atoms with van der Waals surface area (Å²) in [5, 5.41) is 12.1. The fourth-order valence-electron chi connectivity index (χ4n) is 5.94. The van der Waals surface area contributed by atoms with E-state index in [0.717, 1.165) is 81.2 Å². The van der Waals surface area contributed by atoms with Gasteiger partial charge in [0, 0.05) is 52.4 Å². The molecule has 2 saturated carbocycles. The number of hydrogen-bond acceptors (Lipinski definition) is 5. The molecule has 0 aromatic carbocycles. The molecule has 8 heteroatoms. The van der Waals surface area contributed by atoms with Crippen LogP contribution in [0, 0.1) is 18.8 Å². The zero-order valence-electron chi connectivity index (χ0n) is 18.6. The molecule has 2 aliphatic heterocycles. The van der Waals surface area contributed by atoms with Crippen LogP contribution in [0.2, 0.25) is 0 Å². The van der Waals surface area contributed by atoms with E-state index in [1.807, 2.05) is 18.5 Å². The van der Waals surface area contributed by atoms with E-state index in [4.69, 9.17) is 9.73 Å². The van der Waals surface area contributed by atoms with Crippen molar-refractivity contribution in [2.24, 2.45) is 23.9 Å². The molecule has 5 rings (SSSR count). The molecule has 0 spiro atoms. The quantitative estimate of drug-likeness (QED) is 0.581. The summed E-state index contributed by atoms with van der Waals surface area (Å²) in [5.74, 6) is 4.81. The van der Waals surface area contributed by atoms with Crippen molar-refractivity contribution >= 4 is 5.96 Å². The van der Waals surface area contributed by atoms with E-state index < -0.39 is 0 Å². The van der Waals surface area contributed by atoms with Gasteiger partial charge in [-0.1, -0.05) is 6.42 Å². The summed E-state index contributed by atoms with van der Waals surface area (Å²) in [6.45, 7) is 8.65. The Bertz CT molecular complexity index is 749. The van der Waals surface area contributed by atoms with Crippen molar-refractivity contribution in [3.8, 4) is 0 Å². The molecule has 0 radical (unpaired) electrons. The van der Waals surface area contributed by atoms with Crippen LogP contribution >= 0.6 is 0 Å². The number of aliphatic imine (C=N–C) groups is 1. The largest absolute Gasteiger partial charge is 0.376 e. The summed E-state index contributed by atoms with van der Waals surface area (Å²) in [5.41, 5.74) is 0. The zero-order chi connectivity index (χ0) is 20.5. The minimum Gasteiger partial charge on any atom is -0.376 e. The average Bonchev–Trinajstić information content (AvgIpc) is 3.57. The normalized spacial score (nSPS) is 32.3. The highest BCUT2D eigenvalue weighted by Gasteiger charge is 2.42. The van der Waals surface area contributed by atoms with E-state index in [1.165, 1.54) is 32.1 Å². The lowest BCUT2D eigenvalue weighted by molar-refractivity contribution is 0.0933. The van der Waals surface area contributed by atoms with Crippen molar-refractivity contribution in [3.05, 3.63) is 11.6 Å². The predicted molar refractivity (Wildman–Crippen MR) is 116 cm³/mol. The first-order chi connectivity index (χ1) is 14.7. The maximum Gasteiger partial charge on any atom is 0.194 e. The van der Waals surface area contributed by atoms with Crippen LogP contribution in [0.4, 0.5) is 0 Å². The third-order valence-electron chi connectivity index (χ3n) is 7.85. The van der Waals surface area contributed by atoms with Gasteiger partial charge in [0.15, 0.2) is 11.8 Å². The maximum absolute atomic E-state index is 5.82. The minimum atomic E-state index is 0.308. The van der Waals surface area contributed by atoms with E-state index in [1.54, 1.807) is 0 Å². The zero-order valence-corrected chi connectivity index (χ0v) is 18.6. The Morgan fingerprint density at radius 2 is 2.00 bits per heavy atom. The summed E-state index contributed by atoms with van der Waals surface area (Å²) in [6.07, 6.45) is 8.48. The molecule has 2 saturated heterocycles. The lowest BCUT2D eigenvalue weighted by Gasteiger charge is -2.42. The van der Waals surface area contributed by atoms with Crippen LogP contribution in [0.3, 0.4) is 0 Å². The highest BCUT2D eigenvalue weighted by Crippen LogP contribution is 2.46. The van der Waals surface area contributed by atoms with Crippen molar-refractivity contribution in [2.45, 2.75) is 64.1 Å². The van der Waals surface area contributed by atoms with Gasteiger partial charge in [-0.3, -0.25) is 4.90 Å². The van der Waals surface area contributed by atoms with Crippen molar-refractivity contribution in [3.63, 3.8) is 0 Å². The summed E-state index contributed by atoms with van der Waals surface area (Å²) < 4.78 is 7.84. The summed E-state index contributed by atoms with van der Waals surface area (Å²) in [7, 11) is 2.01. The van der Waals surface area contributed by atoms with Gasteiger partial charge in [-0.2, -0.15) is 0 Å². The van der Waals surface area contributed by atoms with Crippen LogP contribution in [-0.2, 0) is 18.3 Å². The molecule has 0 amide bonds. The van der Waals surface area contributed by atoms with Crippen LogP contribution in [0.5, 0.6) is 0 Å². The highest BCUT2D eigenvalue weighted by molar-refractivity contribution is 5.80. The van der Waals surface area contributed by atoms with Gasteiger partial charge in [-0.15, -0.1) is 10.2 Å². The van der Waals surface area contributed by atoms with Gasteiger partial charge in [0.1, 0.15) is 12.4 Å². The topological polar surface area (TPSA) is 70.8 Å². The van der Waals surface area contributed by atoms with Gasteiger partial charge in [-0.05, 0) is 50.9 Å². The number of hydrogen-bond donors (Lipinski definition) is 1. The molecule has 2 aliphatic carbocycles. The molecule has 1 aromatic heterocycles. The number of nitrogens with zero attached hydrogens (tertiary/aromatic N) is 6. The summed E-state index contributed by atoms with van der Waals surface area (Å²) in [4.78, 5) is 10.1. The van der Waals surface area contributed by atoms with Crippen LogP contribution in [-0.4, -0.2) is 82.0 Å². The van der Waals surface area contributed by atoms with Crippen molar-refractivity contribution in [1.82, 2.24) is 29.9 Å². The Morgan fingerprint density at radius 1 is 1.13 bits per heavy atom. The third-order valence-corrected chi connectivity index (χ3v) is 7.85. The van der Waals surface area contributed by atoms with E-state index in [0.29, 0.717) is 12.6 Å². The minimum absolute atomic E-state index is 0.308. The van der Waals surface area contributed by atoms with E-state index in [-0.39, 0.29) is 0 Å². The molecule has 4 unspecified atom stereocenters. The van der Waals surface area contributed by atoms with Gasteiger partial charge in [0.25, 0.3) is 0 Å². The SMILES string of the molecule is Cc1nnc(CN=C(NCC2CCCO2)N2CCN(C3CC4CCC3C4)CC2)n1C. The first-order valence-corrected chi connectivity index (χ1v) is 11.9. The van der Waals surface area contributed by atoms with Crippen LogP contribution in [0.25, 0.3) is 0 Å². The number of rotatable bonds is 5. The summed E-state index contributed by atoms with van der Waals surface area (Å²) in [6, 6.07) is 0.841. The van der Waals surface area contributed by atoms with Gasteiger partial charge in [0.2, 0.25) is 0 Å². The molecule has 1 N–H and O–H groups in total. The smallest absolute Gasteiger partial charge is 0.194 e. The molecular formula is C22H37N7O. The molecule has 30 heavy (non-hydrogen) atoms. The Balaban J connectivity index is 1.21. The van der Waals surface area contributed by atoms with E-state index >= 15 is 0 Å². The predicted octanol–water partition coefficient (Wildman–Crippen LogP) is 1.55. The number of guanidine groups is 1. The number of aromatic nitrogens is 3. The Labute approximate surface area is 180 Å². The van der Waals surface area contributed by atoms with E-state index in [2.05, 4.69) is 25.3 Å². The van der Waals surface area contributed by atoms with Gasteiger partial charge >= 0.3 is 0 Å². The summed E-state index contributed by atoms with van der Waals surface area (Å²) >= 11 is 0. The second-order valence-electron chi connectivity index (χ2n) is 9.64. The maximum atomic E-state index is 5.82. The van der Waals surface area contributed by atoms with Crippen molar-refractivity contribution in [1.29, 1.82) is 0 Å². The monoisotopic (exact) mass is 415 g/mol. The lowest BCUT2D eigenvalue weighted by atomic mass is 9.93. The van der Waals surface area contributed by atoms with Crippen LogP contribution in [0.1, 0.15) is 50.2 Å². The van der Waals surface area contributed by atoms with Crippen LogP contribution < -0.4 is 5.32 Å². The fraction of sp³-hybridized carbons (Fsp3) is 0.864.